The molecule has 1 saturated heterocycles. The van der Waals surface area contributed by atoms with Gasteiger partial charge in [0.05, 0.1) is 6.10 Å². The van der Waals surface area contributed by atoms with Crippen molar-refractivity contribution in [2.75, 3.05) is 0 Å². The molecule has 6 aliphatic rings. The number of ether oxygens (including phenoxy) is 1. The molecule has 0 aromatic heterocycles. The van der Waals surface area contributed by atoms with Crippen molar-refractivity contribution < 1.29 is 24.9 Å². The Hall–Kier alpha value is -1.24. The van der Waals surface area contributed by atoms with Crippen molar-refractivity contribution in [3.8, 4) is 0 Å². The van der Waals surface area contributed by atoms with Gasteiger partial charge in [-0.1, -0.05) is 20.4 Å². The van der Waals surface area contributed by atoms with Gasteiger partial charge in [-0.15, -0.1) is 0 Å². The molecule has 0 aromatic carbocycles. The van der Waals surface area contributed by atoms with Gasteiger partial charge in [-0.05, 0) is 37.0 Å². The quantitative estimate of drug-likeness (QED) is 0.442. The molecule has 6 rings (SSSR count). The Morgan fingerprint density at radius 1 is 1.31 bits per heavy atom. The summed E-state index contributed by atoms with van der Waals surface area (Å²) >= 11 is 0. The molecule has 3 heterocycles. The van der Waals surface area contributed by atoms with Crippen molar-refractivity contribution in [3.05, 3.63) is 12.2 Å². The van der Waals surface area contributed by atoms with E-state index in [1.807, 2.05) is 0 Å². The number of hydrogen-bond donors (Lipinski definition) is 3. The van der Waals surface area contributed by atoms with E-state index in [0.29, 0.717) is 24.8 Å². The van der Waals surface area contributed by atoms with Crippen LogP contribution in [-0.4, -0.2) is 51.5 Å². The highest BCUT2D eigenvalue weighted by molar-refractivity contribution is 5.89. The van der Waals surface area contributed by atoms with Crippen molar-refractivity contribution in [3.63, 3.8) is 0 Å². The van der Waals surface area contributed by atoms with Gasteiger partial charge in [0.15, 0.2) is 5.72 Å². The van der Waals surface area contributed by atoms with E-state index in [4.69, 9.17) is 4.74 Å². The van der Waals surface area contributed by atoms with Crippen LogP contribution in [0.4, 0.5) is 0 Å². The number of carbonyl (C=O) groups is 1. The second-order valence-corrected chi connectivity index (χ2v) is 9.78. The standard InChI is InChI=1S/C20H27NO5/c1-9-10-6-11-14(12(7-10)26-17(9)24)19-8-21-20(11,25)16(23)15(19)18(2,3)5-4-13(19)22/h8,10-16,22-23,25H,1,4-7H2,2-3H3/t10-,11+,12+,13+,14-,15+,16+,19+,20-/m1/s1. The van der Waals surface area contributed by atoms with Crippen LogP contribution in [0.15, 0.2) is 17.1 Å². The Balaban J connectivity index is 1.71. The number of fused-ring (bicyclic) bond motifs is 2. The molecule has 4 bridgehead atoms. The first-order valence-electron chi connectivity index (χ1n) is 9.67. The monoisotopic (exact) mass is 361 g/mol. The van der Waals surface area contributed by atoms with E-state index < -0.39 is 23.3 Å². The fourth-order valence-corrected chi connectivity index (χ4v) is 7.16. The van der Waals surface area contributed by atoms with Crippen LogP contribution in [0.2, 0.25) is 0 Å². The lowest BCUT2D eigenvalue weighted by Gasteiger charge is -2.70. The summed E-state index contributed by atoms with van der Waals surface area (Å²) < 4.78 is 5.73. The summed E-state index contributed by atoms with van der Waals surface area (Å²) in [5.74, 6) is -1.34. The van der Waals surface area contributed by atoms with E-state index in [2.05, 4.69) is 25.4 Å². The molecule has 0 amide bonds. The van der Waals surface area contributed by atoms with E-state index in [1.54, 1.807) is 6.21 Å². The van der Waals surface area contributed by atoms with Crippen LogP contribution >= 0.6 is 0 Å². The molecule has 0 unspecified atom stereocenters. The van der Waals surface area contributed by atoms with Crippen molar-refractivity contribution in [1.82, 2.24) is 0 Å². The lowest BCUT2D eigenvalue weighted by Crippen LogP contribution is -2.78. The van der Waals surface area contributed by atoms with E-state index in [9.17, 15) is 20.1 Å². The summed E-state index contributed by atoms with van der Waals surface area (Å²) in [6.07, 6.45) is 2.21. The predicted octanol–water partition coefficient (Wildman–Crippen LogP) is 1.04. The Kier molecular flexibility index (Phi) is 3.10. The number of aliphatic imine (C=N–C) groups is 1. The Bertz CT molecular complexity index is 732. The third-order valence-electron chi connectivity index (χ3n) is 8.29. The molecule has 6 heteroatoms. The summed E-state index contributed by atoms with van der Waals surface area (Å²) in [5, 5.41) is 33.8. The Morgan fingerprint density at radius 2 is 2.04 bits per heavy atom. The zero-order chi connectivity index (χ0) is 18.6. The second-order valence-electron chi connectivity index (χ2n) is 9.78. The smallest absolute Gasteiger partial charge is 0.333 e. The molecule has 3 N–H and O–H groups in total. The fraction of sp³-hybridized carbons (Fsp3) is 0.800. The number of rotatable bonds is 0. The highest BCUT2D eigenvalue weighted by Crippen LogP contribution is 2.69. The van der Waals surface area contributed by atoms with Gasteiger partial charge in [0.25, 0.3) is 0 Å². The minimum atomic E-state index is -1.59. The molecule has 0 aromatic rings. The van der Waals surface area contributed by atoms with Gasteiger partial charge in [-0.3, -0.25) is 4.99 Å². The van der Waals surface area contributed by atoms with Crippen molar-refractivity contribution in [2.45, 2.75) is 63.6 Å². The average molecular weight is 361 g/mol. The summed E-state index contributed by atoms with van der Waals surface area (Å²) in [5.41, 5.74) is -2.18. The Morgan fingerprint density at radius 3 is 2.77 bits per heavy atom. The van der Waals surface area contributed by atoms with Gasteiger partial charge in [0, 0.05) is 35.0 Å². The first-order valence-corrected chi connectivity index (χ1v) is 9.67. The minimum absolute atomic E-state index is 0.0585. The van der Waals surface area contributed by atoms with E-state index in [1.165, 1.54) is 0 Å². The molecule has 1 spiro atoms. The van der Waals surface area contributed by atoms with Crippen LogP contribution < -0.4 is 0 Å². The minimum Gasteiger partial charge on any atom is -0.459 e. The third-order valence-corrected chi connectivity index (χ3v) is 8.29. The van der Waals surface area contributed by atoms with Gasteiger partial charge in [-0.25, -0.2) is 4.79 Å². The third kappa shape index (κ3) is 1.69. The SMILES string of the molecule is C=C1C(=O)O[C@H]2C[C@H]1C[C@H]1[C@H]2[C@@]23C=N[C@]1(O)[C@@H](O)[C@H]2C(C)(C)CC[C@@H]3O. The largest absolute Gasteiger partial charge is 0.459 e. The molecular weight excluding hydrogens is 334 g/mol. The molecular formula is C20H27NO5. The molecule has 3 aliphatic carbocycles. The summed E-state index contributed by atoms with van der Waals surface area (Å²) in [7, 11) is 0. The number of hydrogen-bond acceptors (Lipinski definition) is 6. The van der Waals surface area contributed by atoms with Crippen molar-refractivity contribution in [2.24, 2.45) is 39.5 Å². The van der Waals surface area contributed by atoms with Crippen LogP contribution in [-0.2, 0) is 9.53 Å². The summed E-state index contributed by atoms with van der Waals surface area (Å²) in [6.45, 7) is 8.04. The number of esters is 1. The van der Waals surface area contributed by atoms with Crippen molar-refractivity contribution >= 4 is 12.2 Å². The van der Waals surface area contributed by atoms with Gasteiger partial charge >= 0.3 is 5.97 Å². The van der Waals surface area contributed by atoms with Gasteiger partial charge < -0.3 is 20.1 Å². The van der Waals surface area contributed by atoms with Crippen LogP contribution in [0, 0.1) is 34.5 Å². The second kappa shape index (κ2) is 4.78. The maximum absolute atomic E-state index is 12.3. The molecule has 9 atom stereocenters. The van der Waals surface area contributed by atoms with Crippen LogP contribution in [0.25, 0.3) is 0 Å². The maximum atomic E-state index is 12.3. The lowest BCUT2D eigenvalue weighted by molar-refractivity contribution is -0.298. The average Bonchev–Trinajstić information content (AvgIpc) is 2.58. The van der Waals surface area contributed by atoms with Crippen LogP contribution in [0.1, 0.15) is 39.5 Å². The number of carbonyl (C=O) groups excluding carboxylic acids is 1. The van der Waals surface area contributed by atoms with Gasteiger partial charge in [-0.2, -0.15) is 0 Å². The molecule has 4 fully saturated rings. The first kappa shape index (κ1) is 16.9. The van der Waals surface area contributed by atoms with Crippen LogP contribution in [0.3, 0.4) is 0 Å². The highest BCUT2D eigenvalue weighted by Gasteiger charge is 2.76. The fourth-order valence-electron chi connectivity index (χ4n) is 7.16. The lowest BCUT2D eigenvalue weighted by atomic mass is 9.38. The van der Waals surface area contributed by atoms with Gasteiger partial charge in [0.1, 0.15) is 12.2 Å². The zero-order valence-electron chi connectivity index (χ0n) is 15.3. The molecule has 142 valence electrons. The number of nitrogens with zero attached hydrogens (tertiary/aromatic N) is 1. The summed E-state index contributed by atoms with van der Waals surface area (Å²) in [4.78, 5) is 16.7. The molecule has 3 aliphatic heterocycles. The molecule has 0 radical (unpaired) electrons. The zero-order valence-corrected chi connectivity index (χ0v) is 15.3. The normalized spacial score (nSPS) is 56.6. The maximum Gasteiger partial charge on any atom is 0.333 e. The van der Waals surface area contributed by atoms with Gasteiger partial charge in [0.2, 0.25) is 0 Å². The van der Waals surface area contributed by atoms with E-state index in [0.717, 1.165) is 6.42 Å². The Labute approximate surface area is 153 Å². The molecule has 6 nitrogen and oxygen atoms in total. The number of aliphatic hydroxyl groups is 3. The van der Waals surface area contributed by atoms with Crippen molar-refractivity contribution in [1.29, 1.82) is 0 Å². The predicted molar refractivity (Wildman–Crippen MR) is 93.1 cm³/mol. The van der Waals surface area contributed by atoms with E-state index in [-0.39, 0.29) is 41.2 Å². The number of aliphatic hydroxyl groups excluding tert-OH is 2. The molecule has 26 heavy (non-hydrogen) atoms. The highest BCUT2D eigenvalue weighted by atomic mass is 16.5. The molecule has 3 saturated carbocycles. The van der Waals surface area contributed by atoms with Crippen LogP contribution in [0.5, 0.6) is 0 Å². The van der Waals surface area contributed by atoms with E-state index >= 15 is 0 Å². The topological polar surface area (TPSA) is 99.4 Å². The summed E-state index contributed by atoms with van der Waals surface area (Å²) in [6, 6.07) is 0. The first-order chi connectivity index (χ1) is 12.1.